The molecule has 0 spiro atoms. The van der Waals surface area contributed by atoms with Gasteiger partial charge in [-0.15, -0.1) is 0 Å². The van der Waals surface area contributed by atoms with Crippen molar-refractivity contribution in [1.82, 2.24) is 14.8 Å². The highest BCUT2D eigenvalue weighted by molar-refractivity contribution is 5.96. The van der Waals surface area contributed by atoms with Crippen LogP contribution >= 0.6 is 0 Å². The van der Waals surface area contributed by atoms with Crippen LogP contribution in [0, 0.1) is 6.92 Å². The van der Waals surface area contributed by atoms with Gasteiger partial charge in [-0.25, -0.2) is 0 Å². The molecule has 0 bridgehead atoms. The molecule has 0 saturated carbocycles. The SMILES string of the molecule is C=O.Cc1c(C(=O)N2CCNCC2Cc2ccccc2)ccn1-c1ccc(NCCCCCc2ccccc2)cc1. The van der Waals surface area contributed by atoms with E-state index in [0.717, 1.165) is 68.1 Å². The third-order valence-corrected chi connectivity index (χ3v) is 7.76. The number of anilines is 1. The summed E-state index contributed by atoms with van der Waals surface area (Å²) in [5, 5.41) is 7.02. The van der Waals surface area contributed by atoms with Gasteiger partial charge in [-0.3, -0.25) is 4.79 Å². The van der Waals surface area contributed by atoms with Gasteiger partial charge in [0.25, 0.3) is 5.91 Å². The van der Waals surface area contributed by atoms with Gasteiger partial charge in [-0.1, -0.05) is 67.1 Å². The van der Waals surface area contributed by atoms with E-state index in [1.165, 1.54) is 24.0 Å². The highest BCUT2D eigenvalue weighted by Crippen LogP contribution is 2.22. The molecule has 1 aliphatic rings. The quantitative estimate of drug-likeness (QED) is 0.222. The first-order valence-corrected chi connectivity index (χ1v) is 14.6. The van der Waals surface area contributed by atoms with Crippen molar-refractivity contribution >= 4 is 18.4 Å². The molecule has 1 unspecified atom stereocenters. The van der Waals surface area contributed by atoms with Crippen LogP contribution in [0.4, 0.5) is 5.69 Å². The molecule has 3 aromatic carbocycles. The topological polar surface area (TPSA) is 66.4 Å². The van der Waals surface area contributed by atoms with Crippen molar-refractivity contribution in [2.24, 2.45) is 0 Å². The number of aromatic nitrogens is 1. The zero-order valence-corrected chi connectivity index (χ0v) is 24.1. The molecular weight excluding hydrogens is 508 g/mol. The van der Waals surface area contributed by atoms with Crippen LogP contribution in [0.25, 0.3) is 5.69 Å². The summed E-state index contributed by atoms with van der Waals surface area (Å²) in [5.74, 6) is 0.124. The van der Waals surface area contributed by atoms with Crippen LogP contribution in [-0.2, 0) is 17.6 Å². The fourth-order valence-corrected chi connectivity index (χ4v) is 5.52. The maximum Gasteiger partial charge on any atom is 0.256 e. The summed E-state index contributed by atoms with van der Waals surface area (Å²) in [4.78, 5) is 23.7. The third kappa shape index (κ3) is 8.18. The molecule has 1 atom stereocenters. The summed E-state index contributed by atoms with van der Waals surface area (Å²) in [6.45, 7) is 7.40. The second-order valence-corrected chi connectivity index (χ2v) is 10.5. The van der Waals surface area contributed by atoms with E-state index in [4.69, 9.17) is 4.79 Å². The molecular formula is C35H42N4O2. The minimum Gasteiger partial charge on any atom is -0.385 e. The summed E-state index contributed by atoms with van der Waals surface area (Å²) >= 11 is 0. The number of amides is 1. The number of carbonyl (C=O) groups is 2. The Balaban J connectivity index is 0.00000189. The zero-order valence-electron chi connectivity index (χ0n) is 24.1. The lowest BCUT2D eigenvalue weighted by Crippen LogP contribution is -2.54. The Bertz CT molecular complexity index is 1340. The van der Waals surface area contributed by atoms with Gasteiger partial charge in [0, 0.05) is 55.5 Å². The van der Waals surface area contributed by atoms with Crippen molar-refractivity contribution in [2.75, 3.05) is 31.5 Å². The molecule has 5 rings (SSSR count). The number of rotatable bonds is 11. The Kier molecular flexibility index (Phi) is 11.3. The molecule has 0 aliphatic carbocycles. The second kappa shape index (κ2) is 15.6. The number of unbranched alkanes of at least 4 members (excludes halogenated alkanes) is 2. The molecule has 2 N–H and O–H groups in total. The molecule has 41 heavy (non-hydrogen) atoms. The van der Waals surface area contributed by atoms with Gasteiger partial charge in [-0.2, -0.15) is 0 Å². The van der Waals surface area contributed by atoms with Crippen molar-refractivity contribution < 1.29 is 9.59 Å². The van der Waals surface area contributed by atoms with Crippen molar-refractivity contribution in [2.45, 2.75) is 45.1 Å². The standard InChI is InChI=1S/C34H40N4O.CH2O/c1-27-33(34(39)38-24-22-35-26-32(38)25-29-14-7-3-8-15-29)20-23-37(27)31-18-16-30(17-19-31)36-21-10-4-9-13-28-11-5-2-6-12-28;1-2/h2-3,5-8,11-12,14-20,23,32,35-36H,4,9-10,13,21-22,24-26H2,1H3;1H2. The fourth-order valence-electron chi connectivity index (χ4n) is 5.52. The molecule has 1 aromatic heterocycles. The van der Waals surface area contributed by atoms with E-state index >= 15 is 0 Å². The number of nitrogens with one attached hydrogen (secondary N) is 2. The van der Waals surface area contributed by atoms with Gasteiger partial charge in [0.2, 0.25) is 0 Å². The molecule has 0 radical (unpaired) electrons. The van der Waals surface area contributed by atoms with E-state index in [-0.39, 0.29) is 11.9 Å². The second-order valence-electron chi connectivity index (χ2n) is 10.5. The van der Waals surface area contributed by atoms with Gasteiger partial charge in [-0.05, 0) is 74.1 Å². The largest absolute Gasteiger partial charge is 0.385 e. The number of benzene rings is 3. The molecule has 1 saturated heterocycles. The maximum absolute atomic E-state index is 13.7. The highest BCUT2D eigenvalue weighted by atomic mass is 16.2. The monoisotopic (exact) mass is 550 g/mol. The predicted molar refractivity (Wildman–Crippen MR) is 168 cm³/mol. The third-order valence-electron chi connectivity index (χ3n) is 7.76. The van der Waals surface area contributed by atoms with Gasteiger partial charge < -0.3 is 24.9 Å². The van der Waals surface area contributed by atoms with Gasteiger partial charge in [0.05, 0.1) is 5.56 Å². The lowest BCUT2D eigenvalue weighted by molar-refractivity contribution is -0.0980. The average Bonchev–Trinajstić information content (AvgIpc) is 3.42. The first-order chi connectivity index (χ1) is 20.2. The summed E-state index contributed by atoms with van der Waals surface area (Å²) in [5.41, 5.74) is 6.66. The van der Waals surface area contributed by atoms with Crippen molar-refractivity contribution in [3.05, 3.63) is 120 Å². The fraction of sp³-hybridized carbons (Fsp3) is 0.314. The van der Waals surface area contributed by atoms with E-state index in [1.54, 1.807) is 0 Å². The Morgan fingerprint density at radius 1 is 0.878 bits per heavy atom. The molecule has 214 valence electrons. The minimum atomic E-state index is 0.124. The summed E-state index contributed by atoms with van der Waals surface area (Å²) in [6.07, 6.45) is 7.64. The zero-order chi connectivity index (χ0) is 28.9. The molecule has 2 heterocycles. The number of piperazine rings is 1. The maximum atomic E-state index is 13.7. The molecule has 1 fully saturated rings. The van der Waals surface area contributed by atoms with E-state index in [9.17, 15) is 4.79 Å². The lowest BCUT2D eigenvalue weighted by Gasteiger charge is -2.36. The Morgan fingerprint density at radius 2 is 1.56 bits per heavy atom. The first-order valence-electron chi connectivity index (χ1n) is 14.6. The summed E-state index contributed by atoms with van der Waals surface area (Å²) in [6, 6.07) is 31.8. The molecule has 6 heteroatoms. The molecule has 1 amide bonds. The van der Waals surface area contributed by atoms with Gasteiger partial charge in [0.15, 0.2) is 0 Å². The number of carbonyl (C=O) groups excluding carboxylic acids is 2. The number of nitrogens with zero attached hydrogens (tertiary/aromatic N) is 2. The highest BCUT2D eigenvalue weighted by Gasteiger charge is 2.29. The van der Waals surface area contributed by atoms with E-state index in [2.05, 4.69) is 99.0 Å². The Morgan fingerprint density at radius 3 is 2.27 bits per heavy atom. The molecule has 1 aliphatic heterocycles. The van der Waals surface area contributed by atoms with Crippen LogP contribution in [0.15, 0.2) is 97.2 Å². The van der Waals surface area contributed by atoms with Crippen LogP contribution in [0.3, 0.4) is 0 Å². The van der Waals surface area contributed by atoms with E-state index in [1.807, 2.05) is 32.0 Å². The summed E-state index contributed by atoms with van der Waals surface area (Å²) < 4.78 is 2.12. The first kappa shape index (κ1) is 29.8. The van der Waals surface area contributed by atoms with Crippen molar-refractivity contribution in [1.29, 1.82) is 0 Å². The molecule has 6 nitrogen and oxygen atoms in total. The normalized spacial score (nSPS) is 14.7. The van der Waals surface area contributed by atoms with Crippen LogP contribution in [0.2, 0.25) is 0 Å². The lowest BCUT2D eigenvalue weighted by atomic mass is 10.0. The van der Waals surface area contributed by atoms with Crippen LogP contribution < -0.4 is 10.6 Å². The predicted octanol–water partition coefficient (Wildman–Crippen LogP) is 6.08. The number of hydrogen-bond acceptors (Lipinski definition) is 4. The average molecular weight is 551 g/mol. The van der Waals surface area contributed by atoms with Crippen LogP contribution in [0.5, 0.6) is 0 Å². The summed E-state index contributed by atoms with van der Waals surface area (Å²) in [7, 11) is 0. The minimum absolute atomic E-state index is 0.124. The van der Waals surface area contributed by atoms with E-state index < -0.39 is 0 Å². The van der Waals surface area contributed by atoms with Crippen molar-refractivity contribution in [3.8, 4) is 5.69 Å². The van der Waals surface area contributed by atoms with Gasteiger partial charge >= 0.3 is 0 Å². The number of aryl methyl sites for hydroxylation is 1. The Labute approximate surface area is 244 Å². The molecule has 4 aromatic rings. The van der Waals surface area contributed by atoms with Crippen molar-refractivity contribution in [3.63, 3.8) is 0 Å². The van der Waals surface area contributed by atoms with E-state index in [0.29, 0.717) is 0 Å². The smallest absolute Gasteiger partial charge is 0.256 e. The Hall–Kier alpha value is -4.16. The van der Waals surface area contributed by atoms with Crippen LogP contribution in [-0.4, -0.2) is 54.4 Å². The number of hydrogen-bond donors (Lipinski definition) is 2. The van der Waals surface area contributed by atoms with Crippen LogP contribution in [0.1, 0.15) is 46.4 Å². The van der Waals surface area contributed by atoms with Gasteiger partial charge in [0.1, 0.15) is 6.79 Å².